The van der Waals surface area contributed by atoms with Crippen molar-refractivity contribution in [3.8, 4) is 0 Å². The lowest BCUT2D eigenvalue weighted by atomic mass is 9.89. The van der Waals surface area contributed by atoms with Gasteiger partial charge in [0.05, 0.1) is 11.3 Å². The Bertz CT molecular complexity index is 429. The second-order valence-electron chi connectivity index (χ2n) is 5.99. The molecule has 0 radical (unpaired) electrons. The van der Waals surface area contributed by atoms with Crippen LogP contribution >= 0.6 is 0 Å². The summed E-state index contributed by atoms with van der Waals surface area (Å²) >= 11 is 0. The van der Waals surface area contributed by atoms with Crippen LogP contribution in [0.3, 0.4) is 0 Å². The van der Waals surface area contributed by atoms with Gasteiger partial charge in [0.2, 0.25) is 0 Å². The maximum Gasteiger partial charge on any atom is 0.0715 e. The average molecular weight is 279 g/mol. The second kappa shape index (κ2) is 6.72. The van der Waals surface area contributed by atoms with Gasteiger partial charge in [-0.15, -0.1) is 0 Å². The van der Waals surface area contributed by atoms with Crippen molar-refractivity contribution in [1.82, 2.24) is 14.7 Å². The summed E-state index contributed by atoms with van der Waals surface area (Å²) in [6.45, 7) is 10.5. The number of aryl methyl sites for hydroxylation is 2. The minimum absolute atomic E-state index is 0.554. The minimum Gasteiger partial charge on any atom is -0.389 e. The van der Waals surface area contributed by atoms with Crippen molar-refractivity contribution in [2.45, 2.75) is 65.0 Å². The van der Waals surface area contributed by atoms with E-state index in [1.807, 2.05) is 0 Å². The Kier molecular flexibility index (Phi) is 5.22. The first-order valence-electron chi connectivity index (χ1n) is 8.10. The lowest BCUT2D eigenvalue weighted by Crippen LogP contribution is -2.34. The van der Waals surface area contributed by atoms with Gasteiger partial charge in [-0.25, -0.2) is 0 Å². The molecule has 0 aliphatic carbocycles. The highest BCUT2D eigenvalue weighted by Crippen LogP contribution is 2.27. The number of nitrogens with zero attached hydrogens (tertiary/aromatic N) is 3. The predicted octanol–water partition coefficient (Wildman–Crippen LogP) is 2.24. The van der Waals surface area contributed by atoms with Crippen LogP contribution in [0.15, 0.2) is 6.07 Å². The Morgan fingerprint density at radius 2 is 2.00 bits per heavy atom. The fraction of sp³-hybridized carbons (Fsp3) is 0.812. The molecule has 20 heavy (non-hydrogen) atoms. The number of hydrogen-bond donors (Lipinski definition) is 1. The van der Waals surface area contributed by atoms with Gasteiger partial charge in [0.25, 0.3) is 0 Å². The molecule has 0 aromatic carbocycles. The summed E-state index contributed by atoms with van der Waals surface area (Å²) in [5, 5.41) is 15.5. The topological polar surface area (TPSA) is 41.3 Å². The van der Waals surface area contributed by atoms with Gasteiger partial charge >= 0.3 is 0 Å². The molecule has 1 atom stereocenters. The molecule has 0 bridgehead atoms. The number of aliphatic hydroxyl groups is 1. The van der Waals surface area contributed by atoms with Crippen LogP contribution in [0.5, 0.6) is 0 Å². The lowest BCUT2D eigenvalue weighted by molar-refractivity contribution is 0.0239. The summed E-state index contributed by atoms with van der Waals surface area (Å²) < 4.78 is 2.05. The quantitative estimate of drug-likeness (QED) is 0.899. The third kappa shape index (κ3) is 3.61. The molecular formula is C16H29N3O. The molecule has 0 saturated carbocycles. The summed E-state index contributed by atoms with van der Waals surface area (Å²) in [5.41, 5.74) is 1.77. The summed E-state index contributed by atoms with van der Waals surface area (Å²) in [5.74, 6) is 0. The van der Waals surface area contributed by atoms with Crippen molar-refractivity contribution in [2.75, 3.05) is 19.6 Å². The number of aromatic nitrogens is 2. The van der Waals surface area contributed by atoms with Crippen LogP contribution < -0.4 is 0 Å². The molecule has 0 amide bonds. The maximum absolute atomic E-state index is 11.0. The van der Waals surface area contributed by atoms with Gasteiger partial charge in [0, 0.05) is 25.2 Å². The first-order valence-corrected chi connectivity index (χ1v) is 8.10. The fourth-order valence-corrected chi connectivity index (χ4v) is 3.17. The van der Waals surface area contributed by atoms with E-state index in [1.165, 1.54) is 5.69 Å². The number of rotatable bonds is 5. The largest absolute Gasteiger partial charge is 0.389 e. The van der Waals surface area contributed by atoms with Gasteiger partial charge in [-0.1, -0.05) is 13.8 Å². The maximum atomic E-state index is 11.0. The highest BCUT2D eigenvalue weighted by molar-refractivity contribution is 5.13. The molecule has 1 fully saturated rings. The molecule has 2 heterocycles. The summed E-state index contributed by atoms with van der Waals surface area (Å²) in [6, 6.07) is 2.17. The van der Waals surface area contributed by atoms with Gasteiger partial charge in [-0.2, -0.15) is 5.10 Å². The fourth-order valence-electron chi connectivity index (χ4n) is 3.17. The summed E-state index contributed by atoms with van der Waals surface area (Å²) in [7, 11) is 0. The molecule has 1 aromatic rings. The predicted molar refractivity (Wildman–Crippen MR) is 81.9 cm³/mol. The van der Waals surface area contributed by atoms with Gasteiger partial charge < -0.3 is 10.0 Å². The first kappa shape index (κ1) is 15.5. The molecule has 1 N–H and O–H groups in total. The van der Waals surface area contributed by atoms with E-state index in [0.29, 0.717) is 0 Å². The summed E-state index contributed by atoms with van der Waals surface area (Å²) in [4.78, 5) is 2.44. The molecular weight excluding hydrogens is 250 g/mol. The standard InChI is InChI=1S/C16H29N3O/c1-4-14-12-15(19(6-3)17-14)13-16(20)8-7-10-18(5-2)11-9-16/h12,20H,4-11,13H2,1-3H3. The van der Waals surface area contributed by atoms with Crippen molar-refractivity contribution in [3.05, 3.63) is 17.5 Å². The van der Waals surface area contributed by atoms with Gasteiger partial charge in [-0.05, 0) is 51.8 Å². The van der Waals surface area contributed by atoms with Crippen LogP contribution in [0, 0.1) is 0 Å². The molecule has 1 saturated heterocycles. The van der Waals surface area contributed by atoms with Crippen molar-refractivity contribution < 1.29 is 5.11 Å². The van der Waals surface area contributed by atoms with Gasteiger partial charge in [-0.3, -0.25) is 4.68 Å². The Balaban J connectivity index is 2.09. The van der Waals surface area contributed by atoms with Crippen LogP contribution in [0.2, 0.25) is 0 Å². The molecule has 2 rings (SSSR count). The van der Waals surface area contributed by atoms with Crippen molar-refractivity contribution in [2.24, 2.45) is 0 Å². The SMILES string of the molecule is CCc1cc(CC2(O)CCCN(CC)CC2)n(CC)n1. The molecule has 1 unspecified atom stereocenters. The van der Waals surface area contributed by atoms with E-state index < -0.39 is 5.60 Å². The molecule has 0 spiro atoms. The third-order valence-electron chi connectivity index (χ3n) is 4.54. The number of likely N-dealkylation sites (tertiary alicyclic amines) is 1. The van der Waals surface area contributed by atoms with E-state index in [4.69, 9.17) is 0 Å². The van der Waals surface area contributed by atoms with Crippen molar-refractivity contribution in [3.63, 3.8) is 0 Å². The monoisotopic (exact) mass is 279 g/mol. The van der Waals surface area contributed by atoms with E-state index in [-0.39, 0.29) is 0 Å². The second-order valence-corrected chi connectivity index (χ2v) is 5.99. The van der Waals surface area contributed by atoms with E-state index in [2.05, 4.69) is 41.5 Å². The molecule has 4 nitrogen and oxygen atoms in total. The smallest absolute Gasteiger partial charge is 0.0715 e. The normalized spacial score (nSPS) is 24.8. The highest BCUT2D eigenvalue weighted by atomic mass is 16.3. The van der Waals surface area contributed by atoms with Crippen LogP contribution in [0.25, 0.3) is 0 Å². The van der Waals surface area contributed by atoms with Crippen molar-refractivity contribution in [1.29, 1.82) is 0 Å². The Labute approximate surface area is 122 Å². The highest BCUT2D eigenvalue weighted by Gasteiger charge is 2.31. The van der Waals surface area contributed by atoms with Gasteiger partial charge in [0.1, 0.15) is 0 Å². The van der Waals surface area contributed by atoms with Gasteiger partial charge in [0.15, 0.2) is 0 Å². The van der Waals surface area contributed by atoms with Crippen LogP contribution in [-0.2, 0) is 19.4 Å². The van der Waals surface area contributed by atoms with Crippen LogP contribution in [0.1, 0.15) is 51.4 Å². The average Bonchev–Trinajstić information content (AvgIpc) is 2.74. The Morgan fingerprint density at radius 1 is 1.20 bits per heavy atom. The Hall–Kier alpha value is -0.870. The minimum atomic E-state index is -0.554. The Morgan fingerprint density at radius 3 is 2.65 bits per heavy atom. The molecule has 1 aliphatic rings. The molecule has 1 aromatic heterocycles. The van der Waals surface area contributed by atoms with Crippen molar-refractivity contribution >= 4 is 0 Å². The van der Waals surface area contributed by atoms with E-state index in [9.17, 15) is 5.11 Å². The van der Waals surface area contributed by atoms with Crippen LogP contribution in [0.4, 0.5) is 0 Å². The lowest BCUT2D eigenvalue weighted by Gasteiger charge is -2.27. The number of hydrogen-bond acceptors (Lipinski definition) is 3. The zero-order valence-electron chi connectivity index (χ0n) is 13.2. The first-order chi connectivity index (χ1) is 9.60. The van der Waals surface area contributed by atoms with E-state index in [0.717, 1.165) is 64.0 Å². The zero-order chi connectivity index (χ0) is 14.6. The molecule has 114 valence electrons. The zero-order valence-corrected chi connectivity index (χ0v) is 13.2. The van der Waals surface area contributed by atoms with E-state index >= 15 is 0 Å². The third-order valence-corrected chi connectivity index (χ3v) is 4.54. The van der Waals surface area contributed by atoms with E-state index in [1.54, 1.807) is 0 Å². The molecule has 1 aliphatic heterocycles. The molecule has 4 heteroatoms. The van der Waals surface area contributed by atoms with Crippen LogP contribution in [-0.4, -0.2) is 45.0 Å². The summed E-state index contributed by atoms with van der Waals surface area (Å²) in [6.07, 6.45) is 4.57.